The van der Waals surface area contributed by atoms with E-state index in [9.17, 15) is 14.7 Å². The Hall–Kier alpha value is -1.48. The van der Waals surface area contributed by atoms with Crippen molar-refractivity contribution in [2.75, 3.05) is 0 Å². The molecule has 3 fully saturated rings. The van der Waals surface area contributed by atoms with Crippen molar-refractivity contribution in [3.8, 4) is 0 Å². The fourth-order valence-corrected chi connectivity index (χ4v) is 3.21. The number of hydrogen-bond acceptors (Lipinski definition) is 6. The number of aromatic amines is 1. The molecule has 1 aromatic heterocycles. The van der Waals surface area contributed by atoms with Crippen LogP contribution in [0.1, 0.15) is 20.1 Å². The SMILES string of the molecule is CC1(C)O[C@H]2[C@H](n3ccc(=O)[nH]c3=O)O[C@@H]3C(O)[C@@]32O1. The summed E-state index contributed by atoms with van der Waals surface area (Å²) >= 11 is 0. The highest BCUT2D eigenvalue weighted by Crippen LogP contribution is 2.62. The third-order valence-corrected chi connectivity index (χ3v) is 4.03. The highest BCUT2D eigenvalue weighted by molar-refractivity contribution is 5.29. The molecule has 4 rings (SSSR count). The molecule has 108 valence electrons. The van der Waals surface area contributed by atoms with Gasteiger partial charge in [-0.15, -0.1) is 0 Å². The second-order valence-corrected chi connectivity index (χ2v) is 5.80. The number of aliphatic hydroxyl groups excluding tert-OH is 1. The molecule has 0 amide bonds. The van der Waals surface area contributed by atoms with E-state index in [0.29, 0.717) is 0 Å². The van der Waals surface area contributed by atoms with Gasteiger partial charge in [-0.1, -0.05) is 0 Å². The maximum atomic E-state index is 11.8. The highest BCUT2D eigenvalue weighted by Gasteiger charge is 2.83. The standard InChI is InChI=1S/C12H14N2O6/c1-11(2)19-8-9(14-4-3-5(15)13-10(14)17)18-7-6(16)12(7,8)20-11/h3-4,6-9,16H,1-2H3,(H,13,15,17)/t6?,7-,8+,9-,12-/m1/s1. The summed E-state index contributed by atoms with van der Waals surface area (Å²) in [5, 5.41) is 9.94. The molecule has 2 N–H and O–H groups in total. The van der Waals surface area contributed by atoms with Crippen molar-refractivity contribution in [1.29, 1.82) is 0 Å². The predicted molar refractivity (Wildman–Crippen MR) is 64.0 cm³/mol. The van der Waals surface area contributed by atoms with Crippen LogP contribution in [0, 0.1) is 0 Å². The molecule has 1 aromatic rings. The maximum absolute atomic E-state index is 11.8. The van der Waals surface area contributed by atoms with Gasteiger partial charge >= 0.3 is 5.69 Å². The Morgan fingerprint density at radius 1 is 1.35 bits per heavy atom. The Labute approximate surface area is 112 Å². The highest BCUT2D eigenvalue weighted by atomic mass is 16.8. The number of nitrogens with one attached hydrogen (secondary N) is 1. The van der Waals surface area contributed by atoms with Crippen LogP contribution in [0.2, 0.25) is 0 Å². The molecule has 3 heterocycles. The van der Waals surface area contributed by atoms with Gasteiger partial charge in [-0.25, -0.2) is 4.79 Å². The second kappa shape index (κ2) is 3.40. The second-order valence-electron chi connectivity index (χ2n) is 5.80. The number of nitrogens with zero attached hydrogens (tertiary/aromatic N) is 1. The quantitative estimate of drug-likeness (QED) is 0.663. The summed E-state index contributed by atoms with van der Waals surface area (Å²) in [6.45, 7) is 3.49. The summed E-state index contributed by atoms with van der Waals surface area (Å²) in [7, 11) is 0. The van der Waals surface area contributed by atoms with Gasteiger partial charge in [0, 0.05) is 12.3 Å². The van der Waals surface area contributed by atoms with Crippen LogP contribution in [0.5, 0.6) is 0 Å². The van der Waals surface area contributed by atoms with E-state index in [0.717, 1.165) is 0 Å². The van der Waals surface area contributed by atoms with Crippen LogP contribution in [-0.4, -0.2) is 44.4 Å². The van der Waals surface area contributed by atoms with Crippen molar-refractivity contribution in [2.45, 2.75) is 49.8 Å². The number of aliphatic hydroxyl groups is 1. The Morgan fingerprint density at radius 3 is 2.80 bits per heavy atom. The van der Waals surface area contributed by atoms with Crippen LogP contribution >= 0.6 is 0 Å². The van der Waals surface area contributed by atoms with E-state index in [4.69, 9.17) is 14.2 Å². The van der Waals surface area contributed by atoms with Crippen LogP contribution in [0.4, 0.5) is 0 Å². The maximum Gasteiger partial charge on any atom is 0.330 e. The molecular weight excluding hydrogens is 268 g/mol. The van der Waals surface area contributed by atoms with Gasteiger partial charge in [0.15, 0.2) is 17.6 Å². The first kappa shape index (κ1) is 12.3. The molecule has 3 aliphatic rings. The average molecular weight is 282 g/mol. The number of ether oxygens (including phenoxy) is 3. The lowest BCUT2D eigenvalue weighted by Crippen LogP contribution is -2.40. The smallest absolute Gasteiger partial charge is 0.330 e. The summed E-state index contributed by atoms with van der Waals surface area (Å²) in [5.74, 6) is -0.853. The largest absolute Gasteiger partial charge is 0.387 e. The normalized spacial score (nSPS) is 44.1. The lowest BCUT2D eigenvalue weighted by Gasteiger charge is -2.23. The Bertz CT molecular complexity index is 694. The van der Waals surface area contributed by atoms with Crippen molar-refractivity contribution >= 4 is 0 Å². The third kappa shape index (κ3) is 1.34. The lowest BCUT2D eigenvalue weighted by atomic mass is 10.1. The fraction of sp³-hybridized carbons (Fsp3) is 0.667. The molecule has 8 nitrogen and oxygen atoms in total. The van der Waals surface area contributed by atoms with Crippen LogP contribution in [0.25, 0.3) is 0 Å². The van der Waals surface area contributed by atoms with Crippen LogP contribution in [0.3, 0.4) is 0 Å². The average Bonchev–Trinajstić information content (AvgIpc) is 2.66. The molecule has 0 bridgehead atoms. The number of rotatable bonds is 1. The molecule has 2 saturated heterocycles. The van der Waals surface area contributed by atoms with Gasteiger partial charge in [-0.3, -0.25) is 14.3 Å². The molecular formula is C12H14N2O6. The summed E-state index contributed by atoms with van der Waals surface area (Å²) < 4.78 is 18.5. The van der Waals surface area contributed by atoms with Gasteiger partial charge in [-0.05, 0) is 13.8 Å². The van der Waals surface area contributed by atoms with Crippen LogP contribution in [-0.2, 0) is 14.2 Å². The van der Waals surface area contributed by atoms with Gasteiger partial charge in [0.05, 0.1) is 0 Å². The first-order chi connectivity index (χ1) is 9.35. The van der Waals surface area contributed by atoms with Gasteiger partial charge in [0.1, 0.15) is 18.3 Å². The minimum atomic E-state index is -0.913. The molecule has 20 heavy (non-hydrogen) atoms. The minimum Gasteiger partial charge on any atom is -0.387 e. The molecule has 2 aliphatic heterocycles. The molecule has 1 saturated carbocycles. The fourth-order valence-electron chi connectivity index (χ4n) is 3.21. The Kier molecular flexibility index (Phi) is 2.08. The lowest BCUT2D eigenvalue weighted by molar-refractivity contribution is -0.184. The van der Waals surface area contributed by atoms with Gasteiger partial charge in [-0.2, -0.15) is 0 Å². The number of H-pyrrole nitrogens is 1. The predicted octanol–water partition coefficient (Wildman–Crippen LogP) is -1.30. The molecule has 0 aromatic carbocycles. The van der Waals surface area contributed by atoms with E-state index in [2.05, 4.69) is 4.98 Å². The van der Waals surface area contributed by atoms with E-state index >= 15 is 0 Å². The molecule has 1 unspecified atom stereocenters. The van der Waals surface area contributed by atoms with E-state index < -0.39 is 47.2 Å². The Balaban J connectivity index is 1.76. The van der Waals surface area contributed by atoms with E-state index in [-0.39, 0.29) is 0 Å². The third-order valence-electron chi connectivity index (χ3n) is 4.03. The summed E-state index contributed by atoms with van der Waals surface area (Å²) in [6.07, 6.45) is -1.25. The zero-order chi connectivity index (χ0) is 14.3. The van der Waals surface area contributed by atoms with Crippen molar-refractivity contribution in [3.05, 3.63) is 33.1 Å². The number of aromatic nitrogens is 2. The van der Waals surface area contributed by atoms with Crippen molar-refractivity contribution < 1.29 is 19.3 Å². The summed E-state index contributed by atoms with van der Waals surface area (Å²) in [6, 6.07) is 1.23. The van der Waals surface area contributed by atoms with E-state index in [1.165, 1.54) is 16.8 Å². The topological polar surface area (TPSA) is 103 Å². The zero-order valence-corrected chi connectivity index (χ0v) is 10.9. The monoisotopic (exact) mass is 282 g/mol. The van der Waals surface area contributed by atoms with Crippen molar-refractivity contribution in [2.24, 2.45) is 0 Å². The minimum absolute atomic E-state index is 0.479. The first-order valence-electron chi connectivity index (χ1n) is 6.38. The molecule has 8 heteroatoms. The van der Waals surface area contributed by atoms with Crippen LogP contribution in [0.15, 0.2) is 21.9 Å². The molecule has 5 atom stereocenters. The molecule has 0 radical (unpaired) electrons. The van der Waals surface area contributed by atoms with Gasteiger partial charge in [0.2, 0.25) is 0 Å². The number of hydrogen-bond donors (Lipinski definition) is 2. The van der Waals surface area contributed by atoms with Gasteiger partial charge < -0.3 is 19.3 Å². The summed E-state index contributed by atoms with van der Waals surface area (Å²) in [5.41, 5.74) is -1.97. The Morgan fingerprint density at radius 2 is 2.10 bits per heavy atom. The van der Waals surface area contributed by atoms with Gasteiger partial charge in [0.25, 0.3) is 5.56 Å². The van der Waals surface area contributed by atoms with E-state index in [1.807, 2.05) is 0 Å². The van der Waals surface area contributed by atoms with Crippen molar-refractivity contribution in [3.63, 3.8) is 0 Å². The van der Waals surface area contributed by atoms with Crippen LogP contribution < -0.4 is 11.2 Å². The zero-order valence-electron chi connectivity index (χ0n) is 10.9. The summed E-state index contributed by atoms with van der Waals surface area (Å²) in [4.78, 5) is 25.1. The van der Waals surface area contributed by atoms with Crippen molar-refractivity contribution in [1.82, 2.24) is 9.55 Å². The first-order valence-corrected chi connectivity index (χ1v) is 6.38. The van der Waals surface area contributed by atoms with E-state index in [1.54, 1.807) is 13.8 Å². The molecule has 1 spiro atoms. The molecule has 1 aliphatic carbocycles.